The first-order valence-electron chi connectivity index (χ1n) is 7.92. The van der Waals surface area contributed by atoms with Crippen LogP contribution in [0.5, 0.6) is 0 Å². The summed E-state index contributed by atoms with van der Waals surface area (Å²) in [7, 11) is 0. The van der Waals surface area contributed by atoms with Crippen molar-refractivity contribution >= 4 is 0 Å². The number of nitrogens with zero attached hydrogens (tertiary/aromatic N) is 1. The van der Waals surface area contributed by atoms with Crippen LogP contribution in [0.3, 0.4) is 0 Å². The van der Waals surface area contributed by atoms with Crippen molar-refractivity contribution in [2.24, 2.45) is 11.8 Å². The summed E-state index contributed by atoms with van der Waals surface area (Å²) >= 11 is 0. The lowest BCUT2D eigenvalue weighted by Gasteiger charge is -2.27. The molecule has 20 heavy (non-hydrogen) atoms. The van der Waals surface area contributed by atoms with Gasteiger partial charge in [-0.05, 0) is 68.6 Å². The number of nitriles is 1. The van der Waals surface area contributed by atoms with Crippen LogP contribution < -0.4 is 0 Å². The summed E-state index contributed by atoms with van der Waals surface area (Å²) in [6.07, 6.45) is 13.9. The Morgan fingerprint density at radius 1 is 1.10 bits per heavy atom. The van der Waals surface area contributed by atoms with Gasteiger partial charge in [-0.1, -0.05) is 37.1 Å². The molecule has 0 spiro atoms. The third-order valence-electron chi connectivity index (χ3n) is 4.60. The molecular formula is C19H25N. The van der Waals surface area contributed by atoms with Crippen LogP contribution in [-0.4, -0.2) is 0 Å². The molecule has 0 N–H and O–H groups in total. The molecule has 0 aliphatic heterocycles. The van der Waals surface area contributed by atoms with E-state index in [9.17, 15) is 0 Å². The highest BCUT2D eigenvalue weighted by molar-refractivity contribution is 5.31. The molecule has 0 heterocycles. The minimum atomic E-state index is 0.762. The number of hydrogen-bond donors (Lipinski definition) is 0. The standard InChI is InChI=1S/C19H25N/c1-2-3-4-16-5-7-17(8-6-16)9-10-18-11-13-19(15-20)14-12-18/h2-3,11-14,16-17H,4-10H2,1H3. The van der Waals surface area contributed by atoms with E-state index in [1.54, 1.807) is 0 Å². The van der Waals surface area contributed by atoms with Crippen LogP contribution in [0.2, 0.25) is 0 Å². The summed E-state index contributed by atoms with van der Waals surface area (Å²) in [5, 5.41) is 8.79. The molecule has 106 valence electrons. The molecule has 1 aromatic rings. The fourth-order valence-electron chi connectivity index (χ4n) is 3.20. The van der Waals surface area contributed by atoms with Crippen LogP contribution in [0.25, 0.3) is 0 Å². The number of allylic oxidation sites excluding steroid dienone is 2. The zero-order valence-corrected chi connectivity index (χ0v) is 12.5. The van der Waals surface area contributed by atoms with Gasteiger partial charge in [-0.15, -0.1) is 0 Å². The van der Waals surface area contributed by atoms with Gasteiger partial charge in [-0.2, -0.15) is 5.26 Å². The first-order chi connectivity index (χ1) is 9.81. The van der Waals surface area contributed by atoms with Gasteiger partial charge in [0.2, 0.25) is 0 Å². The quantitative estimate of drug-likeness (QED) is 0.667. The highest BCUT2D eigenvalue weighted by atomic mass is 14.3. The normalized spacial score (nSPS) is 22.8. The minimum absolute atomic E-state index is 0.762. The van der Waals surface area contributed by atoms with E-state index in [1.807, 2.05) is 12.1 Å². The van der Waals surface area contributed by atoms with E-state index in [2.05, 4.69) is 37.3 Å². The minimum Gasteiger partial charge on any atom is -0.192 e. The van der Waals surface area contributed by atoms with Gasteiger partial charge < -0.3 is 0 Å². The van der Waals surface area contributed by atoms with E-state index in [-0.39, 0.29) is 0 Å². The molecule has 1 fully saturated rings. The maximum Gasteiger partial charge on any atom is 0.0991 e. The largest absolute Gasteiger partial charge is 0.192 e. The van der Waals surface area contributed by atoms with E-state index in [0.29, 0.717) is 0 Å². The Morgan fingerprint density at radius 2 is 1.75 bits per heavy atom. The van der Waals surface area contributed by atoms with E-state index in [4.69, 9.17) is 5.26 Å². The van der Waals surface area contributed by atoms with Crippen molar-refractivity contribution in [3.8, 4) is 6.07 Å². The molecule has 1 aromatic carbocycles. The Morgan fingerprint density at radius 3 is 2.35 bits per heavy atom. The molecule has 1 aliphatic rings. The summed E-state index contributed by atoms with van der Waals surface area (Å²) in [5.74, 6) is 1.84. The molecule has 2 rings (SSSR count). The molecule has 0 bridgehead atoms. The Kier molecular flexibility index (Phi) is 5.87. The van der Waals surface area contributed by atoms with Crippen molar-refractivity contribution in [1.82, 2.24) is 0 Å². The molecular weight excluding hydrogens is 242 g/mol. The summed E-state index contributed by atoms with van der Waals surface area (Å²) in [5.41, 5.74) is 2.14. The van der Waals surface area contributed by atoms with Crippen molar-refractivity contribution in [3.63, 3.8) is 0 Å². The van der Waals surface area contributed by atoms with Crippen molar-refractivity contribution in [1.29, 1.82) is 5.26 Å². The second-order valence-electron chi connectivity index (χ2n) is 6.04. The molecule has 0 aromatic heterocycles. The van der Waals surface area contributed by atoms with Gasteiger partial charge >= 0.3 is 0 Å². The average molecular weight is 267 g/mol. The Balaban J connectivity index is 1.71. The first kappa shape index (κ1) is 14.9. The van der Waals surface area contributed by atoms with Gasteiger partial charge in [0.05, 0.1) is 11.6 Å². The van der Waals surface area contributed by atoms with Gasteiger partial charge in [0.15, 0.2) is 0 Å². The lowest BCUT2D eigenvalue weighted by atomic mass is 9.78. The monoisotopic (exact) mass is 267 g/mol. The predicted molar refractivity (Wildman–Crippen MR) is 84.4 cm³/mol. The van der Waals surface area contributed by atoms with E-state index >= 15 is 0 Å². The highest BCUT2D eigenvalue weighted by Gasteiger charge is 2.19. The van der Waals surface area contributed by atoms with Crippen LogP contribution in [0.15, 0.2) is 36.4 Å². The number of benzene rings is 1. The van der Waals surface area contributed by atoms with Gasteiger partial charge in [-0.25, -0.2) is 0 Å². The van der Waals surface area contributed by atoms with Crippen LogP contribution in [0, 0.1) is 23.2 Å². The Hall–Kier alpha value is -1.55. The van der Waals surface area contributed by atoms with E-state index in [0.717, 1.165) is 23.8 Å². The molecule has 1 aliphatic carbocycles. The first-order valence-corrected chi connectivity index (χ1v) is 7.92. The topological polar surface area (TPSA) is 23.8 Å². The fourth-order valence-corrected chi connectivity index (χ4v) is 3.20. The molecule has 0 saturated heterocycles. The Bertz CT molecular complexity index is 456. The molecule has 1 heteroatoms. The summed E-state index contributed by atoms with van der Waals surface area (Å²) in [6.45, 7) is 2.11. The lowest BCUT2D eigenvalue weighted by Crippen LogP contribution is -2.14. The van der Waals surface area contributed by atoms with Crippen molar-refractivity contribution in [3.05, 3.63) is 47.5 Å². The second kappa shape index (κ2) is 7.90. The van der Waals surface area contributed by atoms with Crippen LogP contribution >= 0.6 is 0 Å². The second-order valence-corrected chi connectivity index (χ2v) is 6.04. The summed E-state index contributed by atoms with van der Waals surface area (Å²) in [6, 6.07) is 10.3. The zero-order valence-electron chi connectivity index (χ0n) is 12.5. The molecule has 0 radical (unpaired) electrons. The molecule has 0 amide bonds. The zero-order chi connectivity index (χ0) is 14.2. The number of aryl methyl sites for hydroxylation is 1. The number of hydrogen-bond acceptors (Lipinski definition) is 1. The van der Waals surface area contributed by atoms with Crippen molar-refractivity contribution in [2.45, 2.75) is 51.9 Å². The van der Waals surface area contributed by atoms with E-state index in [1.165, 1.54) is 44.1 Å². The fraction of sp³-hybridized carbons (Fsp3) is 0.526. The third kappa shape index (κ3) is 4.53. The maximum atomic E-state index is 8.79. The predicted octanol–water partition coefficient (Wildman–Crippen LogP) is 5.26. The van der Waals surface area contributed by atoms with Crippen LogP contribution in [-0.2, 0) is 6.42 Å². The SMILES string of the molecule is CC=CCC1CCC(CCc2ccc(C#N)cc2)CC1. The van der Waals surface area contributed by atoms with Crippen molar-refractivity contribution < 1.29 is 0 Å². The molecule has 0 unspecified atom stereocenters. The third-order valence-corrected chi connectivity index (χ3v) is 4.60. The summed E-state index contributed by atoms with van der Waals surface area (Å²) < 4.78 is 0. The van der Waals surface area contributed by atoms with E-state index < -0.39 is 0 Å². The highest BCUT2D eigenvalue weighted by Crippen LogP contribution is 2.33. The maximum absolute atomic E-state index is 8.79. The number of rotatable bonds is 5. The molecule has 1 saturated carbocycles. The van der Waals surface area contributed by atoms with Crippen LogP contribution in [0.4, 0.5) is 0 Å². The molecule has 1 nitrogen and oxygen atoms in total. The van der Waals surface area contributed by atoms with Gasteiger partial charge in [-0.3, -0.25) is 0 Å². The van der Waals surface area contributed by atoms with Gasteiger partial charge in [0, 0.05) is 0 Å². The Labute approximate surface area is 123 Å². The van der Waals surface area contributed by atoms with Crippen LogP contribution in [0.1, 0.15) is 56.6 Å². The summed E-state index contributed by atoms with van der Waals surface area (Å²) in [4.78, 5) is 0. The average Bonchev–Trinajstić information content (AvgIpc) is 2.52. The van der Waals surface area contributed by atoms with Crippen molar-refractivity contribution in [2.75, 3.05) is 0 Å². The van der Waals surface area contributed by atoms with Gasteiger partial charge in [0.1, 0.15) is 0 Å². The smallest absolute Gasteiger partial charge is 0.0991 e. The molecule has 0 atom stereocenters. The lowest BCUT2D eigenvalue weighted by molar-refractivity contribution is 0.265. The van der Waals surface area contributed by atoms with Gasteiger partial charge in [0.25, 0.3) is 0 Å².